The number of benzene rings is 1. The highest BCUT2D eigenvalue weighted by Crippen LogP contribution is 2.28. The number of amides is 3. The van der Waals surface area contributed by atoms with Crippen LogP contribution in [0, 0.1) is 0 Å². The molecule has 1 atom stereocenters. The van der Waals surface area contributed by atoms with Gasteiger partial charge in [0.1, 0.15) is 11.7 Å². The van der Waals surface area contributed by atoms with Gasteiger partial charge in [-0.15, -0.1) is 0 Å². The van der Waals surface area contributed by atoms with E-state index < -0.39 is 29.7 Å². The van der Waals surface area contributed by atoms with Gasteiger partial charge in [-0.1, -0.05) is 13.0 Å². The van der Waals surface area contributed by atoms with Crippen LogP contribution in [0.5, 0.6) is 11.5 Å². The first-order valence-electron chi connectivity index (χ1n) is 10.3. The lowest BCUT2D eigenvalue weighted by Crippen LogP contribution is -2.58. The molecule has 1 saturated heterocycles. The highest BCUT2D eigenvalue weighted by Gasteiger charge is 2.36. The standard InChI is InChI=1S/C22H29N3O7/c1-5-10-32-20(27)13-17-21(28)23-8-9-25(17)22(29)16(24-14(2)26)11-15-6-7-18(30-3)19(12-15)31-4/h6-7,11-12,17H,5,8-10,13H2,1-4H3,(H,23,28)(H,24,26). The van der Waals surface area contributed by atoms with E-state index in [1.165, 1.54) is 32.1 Å². The van der Waals surface area contributed by atoms with Gasteiger partial charge in [0.05, 0.1) is 27.2 Å². The van der Waals surface area contributed by atoms with E-state index in [0.717, 1.165) is 0 Å². The van der Waals surface area contributed by atoms with Crippen LogP contribution in [0.15, 0.2) is 23.9 Å². The molecule has 10 nitrogen and oxygen atoms in total. The number of esters is 1. The van der Waals surface area contributed by atoms with Gasteiger partial charge < -0.3 is 29.7 Å². The number of rotatable bonds is 9. The second-order valence-corrected chi connectivity index (χ2v) is 7.08. The fourth-order valence-electron chi connectivity index (χ4n) is 3.20. The summed E-state index contributed by atoms with van der Waals surface area (Å²) in [5.74, 6) is -1.10. The van der Waals surface area contributed by atoms with Crippen LogP contribution in [-0.2, 0) is 23.9 Å². The van der Waals surface area contributed by atoms with E-state index in [-0.39, 0.29) is 31.8 Å². The van der Waals surface area contributed by atoms with Crippen molar-refractivity contribution in [2.24, 2.45) is 0 Å². The molecule has 1 aliphatic rings. The predicted molar refractivity (Wildman–Crippen MR) is 116 cm³/mol. The Kier molecular flexibility index (Phi) is 9.06. The Bertz CT molecular complexity index is 898. The van der Waals surface area contributed by atoms with Gasteiger partial charge in [-0.3, -0.25) is 19.2 Å². The van der Waals surface area contributed by atoms with Gasteiger partial charge in [-0.25, -0.2) is 0 Å². The Morgan fingerprint density at radius 3 is 2.56 bits per heavy atom. The Balaban J connectivity index is 2.35. The zero-order valence-corrected chi connectivity index (χ0v) is 18.7. The molecule has 0 spiro atoms. The molecule has 3 amide bonds. The maximum absolute atomic E-state index is 13.3. The third-order valence-electron chi connectivity index (χ3n) is 4.68. The normalized spacial score (nSPS) is 16.1. The molecule has 0 aliphatic carbocycles. The Labute approximate surface area is 186 Å². The average molecular weight is 447 g/mol. The van der Waals surface area contributed by atoms with Crippen molar-refractivity contribution >= 4 is 29.8 Å². The molecule has 0 saturated carbocycles. The third-order valence-corrected chi connectivity index (χ3v) is 4.68. The molecule has 1 aromatic rings. The average Bonchev–Trinajstić information content (AvgIpc) is 2.77. The Hall–Kier alpha value is -3.56. The number of ether oxygens (including phenoxy) is 3. The highest BCUT2D eigenvalue weighted by molar-refractivity contribution is 6.03. The molecule has 2 N–H and O–H groups in total. The lowest BCUT2D eigenvalue weighted by Gasteiger charge is -2.35. The first-order chi connectivity index (χ1) is 15.3. The van der Waals surface area contributed by atoms with Gasteiger partial charge in [0.15, 0.2) is 11.5 Å². The summed E-state index contributed by atoms with van der Waals surface area (Å²) in [6.07, 6.45) is 1.85. The number of hydrogen-bond donors (Lipinski definition) is 2. The molecule has 1 heterocycles. The summed E-state index contributed by atoms with van der Waals surface area (Å²) < 4.78 is 15.6. The first kappa shape index (κ1) is 24.7. The van der Waals surface area contributed by atoms with Crippen molar-refractivity contribution < 1.29 is 33.4 Å². The van der Waals surface area contributed by atoms with Crippen molar-refractivity contribution in [1.82, 2.24) is 15.5 Å². The molecule has 1 fully saturated rings. The highest BCUT2D eigenvalue weighted by atomic mass is 16.5. The quantitative estimate of drug-likeness (QED) is 0.425. The molecule has 32 heavy (non-hydrogen) atoms. The van der Waals surface area contributed by atoms with Gasteiger partial charge in [0, 0.05) is 20.0 Å². The SMILES string of the molecule is CCCOC(=O)CC1C(=O)NCCN1C(=O)C(=Cc1ccc(OC)c(OC)c1)NC(C)=O. The number of carbonyl (C=O) groups is 4. The molecule has 2 rings (SSSR count). The van der Waals surface area contributed by atoms with Crippen molar-refractivity contribution in [3.63, 3.8) is 0 Å². The van der Waals surface area contributed by atoms with Crippen LogP contribution in [0.2, 0.25) is 0 Å². The van der Waals surface area contributed by atoms with Crippen LogP contribution in [0.1, 0.15) is 32.3 Å². The van der Waals surface area contributed by atoms with E-state index in [1.54, 1.807) is 18.2 Å². The van der Waals surface area contributed by atoms with Crippen molar-refractivity contribution in [1.29, 1.82) is 0 Å². The predicted octanol–water partition coefficient (Wildman–Crippen LogP) is 0.851. The minimum atomic E-state index is -1.04. The summed E-state index contributed by atoms with van der Waals surface area (Å²) in [6, 6.07) is 3.97. The number of carbonyl (C=O) groups excluding carboxylic acids is 4. The lowest BCUT2D eigenvalue weighted by molar-refractivity contribution is -0.151. The van der Waals surface area contributed by atoms with Crippen LogP contribution in [0.3, 0.4) is 0 Å². The van der Waals surface area contributed by atoms with E-state index >= 15 is 0 Å². The number of nitrogens with zero attached hydrogens (tertiary/aromatic N) is 1. The van der Waals surface area contributed by atoms with Crippen LogP contribution in [-0.4, -0.2) is 68.5 Å². The van der Waals surface area contributed by atoms with Crippen molar-refractivity contribution in [3.05, 3.63) is 29.5 Å². The monoisotopic (exact) mass is 447 g/mol. The number of piperazine rings is 1. The first-order valence-corrected chi connectivity index (χ1v) is 10.3. The maximum atomic E-state index is 13.3. The summed E-state index contributed by atoms with van der Waals surface area (Å²) in [6.45, 7) is 3.78. The van der Waals surface area contributed by atoms with Crippen molar-refractivity contribution in [2.45, 2.75) is 32.7 Å². The largest absolute Gasteiger partial charge is 0.493 e. The van der Waals surface area contributed by atoms with E-state index in [0.29, 0.717) is 23.5 Å². The fourth-order valence-corrected chi connectivity index (χ4v) is 3.20. The summed E-state index contributed by atoms with van der Waals surface area (Å²) in [7, 11) is 2.99. The van der Waals surface area contributed by atoms with Gasteiger partial charge >= 0.3 is 5.97 Å². The molecule has 1 aromatic carbocycles. The van der Waals surface area contributed by atoms with Gasteiger partial charge in [-0.05, 0) is 30.2 Å². The number of methoxy groups -OCH3 is 2. The molecule has 0 bridgehead atoms. The van der Waals surface area contributed by atoms with Crippen LogP contribution < -0.4 is 20.1 Å². The summed E-state index contributed by atoms with van der Waals surface area (Å²) in [5.41, 5.74) is 0.534. The minimum absolute atomic E-state index is 0.0358. The second-order valence-electron chi connectivity index (χ2n) is 7.08. The molecule has 0 aromatic heterocycles. The Morgan fingerprint density at radius 1 is 1.22 bits per heavy atom. The molecule has 10 heteroatoms. The van der Waals surface area contributed by atoms with Crippen LogP contribution in [0.4, 0.5) is 0 Å². The smallest absolute Gasteiger partial charge is 0.308 e. The molecule has 0 radical (unpaired) electrons. The zero-order chi connectivity index (χ0) is 23.7. The molecular formula is C22H29N3O7. The van der Waals surface area contributed by atoms with Gasteiger partial charge in [-0.2, -0.15) is 0 Å². The minimum Gasteiger partial charge on any atom is -0.493 e. The van der Waals surface area contributed by atoms with Crippen LogP contribution >= 0.6 is 0 Å². The Morgan fingerprint density at radius 2 is 1.94 bits per heavy atom. The van der Waals surface area contributed by atoms with E-state index in [2.05, 4.69) is 10.6 Å². The number of hydrogen-bond acceptors (Lipinski definition) is 7. The van der Waals surface area contributed by atoms with Crippen molar-refractivity contribution in [3.8, 4) is 11.5 Å². The fraction of sp³-hybridized carbons (Fsp3) is 0.455. The molecular weight excluding hydrogens is 418 g/mol. The van der Waals surface area contributed by atoms with Crippen LogP contribution in [0.25, 0.3) is 6.08 Å². The number of nitrogens with one attached hydrogen (secondary N) is 2. The van der Waals surface area contributed by atoms with Crippen molar-refractivity contribution in [2.75, 3.05) is 33.9 Å². The van der Waals surface area contributed by atoms with Gasteiger partial charge in [0.25, 0.3) is 5.91 Å². The molecule has 1 unspecified atom stereocenters. The zero-order valence-electron chi connectivity index (χ0n) is 18.7. The summed E-state index contributed by atoms with van der Waals surface area (Å²) >= 11 is 0. The van der Waals surface area contributed by atoms with E-state index in [4.69, 9.17) is 14.2 Å². The third kappa shape index (κ3) is 6.47. The molecule has 174 valence electrons. The summed E-state index contributed by atoms with van der Waals surface area (Å²) in [5, 5.41) is 5.18. The van der Waals surface area contributed by atoms with E-state index in [9.17, 15) is 19.2 Å². The molecule has 1 aliphatic heterocycles. The second kappa shape index (κ2) is 11.7. The topological polar surface area (TPSA) is 123 Å². The summed E-state index contributed by atoms with van der Waals surface area (Å²) in [4.78, 5) is 50.9. The van der Waals surface area contributed by atoms with E-state index in [1.807, 2.05) is 6.92 Å². The lowest BCUT2D eigenvalue weighted by atomic mass is 10.1. The van der Waals surface area contributed by atoms with Gasteiger partial charge in [0.2, 0.25) is 11.8 Å². The maximum Gasteiger partial charge on any atom is 0.308 e.